The summed E-state index contributed by atoms with van der Waals surface area (Å²) < 4.78 is 4.61. The lowest BCUT2D eigenvalue weighted by Crippen LogP contribution is -2.37. The third-order valence-electron chi connectivity index (χ3n) is 0.980. The van der Waals surface area contributed by atoms with Crippen molar-refractivity contribution in [1.82, 2.24) is 5.32 Å². The summed E-state index contributed by atoms with van der Waals surface area (Å²) in [4.78, 5) is 10.2. The Morgan fingerprint density at radius 3 is 2.56 bits per heavy atom. The molecule has 0 spiro atoms. The molecular weight excluding hydrogens is 122 g/mol. The molecule has 0 amide bonds. The van der Waals surface area contributed by atoms with Gasteiger partial charge in [0.15, 0.2) is 0 Å². The van der Waals surface area contributed by atoms with Gasteiger partial charge in [-0.1, -0.05) is 0 Å². The number of rotatable bonds is 4. The number of hydrogen-bond donors (Lipinski definition) is 2. The molecule has 0 fully saturated rings. The lowest BCUT2D eigenvalue weighted by Gasteiger charge is -2.07. The third-order valence-corrected chi connectivity index (χ3v) is 0.980. The van der Waals surface area contributed by atoms with Crippen LogP contribution < -0.4 is 5.32 Å². The smallest absolute Gasteiger partial charge is 0.323 e. The molecule has 1 atom stereocenters. The monoisotopic (exact) mass is 133 g/mol. The molecule has 9 heavy (non-hydrogen) atoms. The molecule has 0 saturated heterocycles. The molecule has 0 heterocycles. The van der Waals surface area contributed by atoms with Gasteiger partial charge >= 0.3 is 5.97 Å². The molecule has 0 aromatic rings. The van der Waals surface area contributed by atoms with E-state index in [0.29, 0.717) is 0 Å². The Morgan fingerprint density at radius 1 is 1.89 bits per heavy atom. The number of carboxylic acids is 1. The largest absolute Gasteiger partial charge is 0.480 e. The Balaban J connectivity index is 3.54. The van der Waals surface area contributed by atoms with Gasteiger partial charge in [0.25, 0.3) is 0 Å². The van der Waals surface area contributed by atoms with Gasteiger partial charge in [0.05, 0.1) is 6.61 Å². The van der Waals surface area contributed by atoms with Crippen molar-refractivity contribution in [3.63, 3.8) is 0 Å². The van der Waals surface area contributed by atoms with Crippen LogP contribution in [0, 0.1) is 0 Å². The number of nitrogens with one attached hydrogen (secondary N) is 1. The maximum absolute atomic E-state index is 10.2. The van der Waals surface area contributed by atoms with Crippen molar-refractivity contribution in [2.75, 3.05) is 20.8 Å². The summed E-state index contributed by atoms with van der Waals surface area (Å²) in [6.07, 6.45) is 0. The molecule has 0 aliphatic carbocycles. The van der Waals surface area contributed by atoms with E-state index >= 15 is 0 Å². The second-order valence-corrected chi connectivity index (χ2v) is 1.63. The number of carboxylic acid groups (broad SMARTS) is 1. The number of hydrogen-bond acceptors (Lipinski definition) is 3. The highest BCUT2D eigenvalue weighted by Crippen LogP contribution is 1.81. The lowest BCUT2D eigenvalue weighted by molar-refractivity contribution is -0.140. The highest BCUT2D eigenvalue weighted by Gasteiger charge is 2.12. The van der Waals surface area contributed by atoms with Crippen molar-refractivity contribution in [2.24, 2.45) is 0 Å². The summed E-state index contributed by atoms with van der Waals surface area (Å²) >= 11 is 0. The van der Waals surface area contributed by atoms with Gasteiger partial charge in [-0.25, -0.2) is 0 Å². The van der Waals surface area contributed by atoms with Crippen molar-refractivity contribution < 1.29 is 14.6 Å². The number of carbonyl (C=O) groups is 1. The Hall–Kier alpha value is -0.610. The molecule has 0 aromatic carbocycles. The third kappa shape index (κ3) is 3.05. The van der Waals surface area contributed by atoms with Crippen molar-refractivity contribution in [3.8, 4) is 0 Å². The summed E-state index contributed by atoms with van der Waals surface area (Å²) in [6.45, 7) is 0.200. The van der Waals surface area contributed by atoms with Gasteiger partial charge in [-0.05, 0) is 7.05 Å². The molecule has 0 aliphatic heterocycles. The van der Waals surface area contributed by atoms with E-state index in [1.165, 1.54) is 7.11 Å². The molecule has 0 unspecified atom stereocenters. The number of aliphatic carboxylic acids is 1. The first-order valence-corrected chi connectivity index (χ1v) is 2.61. The summed E-state index contributed by atoms with van der Waals surface area (Å²) in [6, 6.07) is -0.588. The van der Waals surface area contributed by atoms with E-state index in [1.54, 1.807) is 7.05 Å². The van der Waals surface area contributed by atoms with Crippen LogP contribution in [-0.2, 0) is 9.53 Å². The van der Waals surface area contributed by atoms with Crippen LogP contribution in [0.5, 0.6) is 0 Å². The Morgan fingerprint density at radius 2 is 2.44 bits per heavy atom. The van der Waals surface area contributed by atoms with Gasteiger partial charge in [-0.3, -0.25) is 4.79 Å². The minimum absolute atomic E-state index is 0.200. The Bertz CT molecular complexity index is 94.2. The fourth-order valence-electron chi connectivity index (χ4n) is 0.445. The number of likely N-dealkylation sites (N-methyl/N-ethyl adjacent to an activating group) is 1. The average molecular weight is 133 g/mol. The molecule has 0 saturated carbocycles. The first-order valence-electron chi connectivity index (χ1n) is 2.61. The van der Waals surface area contributed by atoms with Gasteiger partial charge < -0.3 is 15.2 Å². The van der Waals surface area contributed by atoms with Crippen LogP contribution in [0.15, 0.2) is 0 Å². The van der Waals surface area contributed by atoms with Crippen LogP contribution in [-0.4, -0.2) is 37.9 Å². The van der Waals surface area contributed by atoms with Gasteiger partial charge in [-0.15, -0.1) is 0 Å². The average Bonchev–Trinajstić information content (AvgIpc) is 1.82. The van der Waals surface area contributed by atoms with E-state index in [9.17, 15) is 4.79 Å². The zero-order valence-electron chi connectivity index (χ0n) is 5.55. The zero-order chi connectivity index (χ0) is 7.28. The SMILES string of the molecule is CN[C@@H](COC)C(=O)O. The lowest BCUT2D eigenvalue weighted by atomic mass is 10.3. The van der Waals surface area contributed by atoms with E-state index in [2.05, 4.69) is 10.1 Å². The van der Waals surface area contributed by atoms with Crippen LogP contribution in [0.4, 0.5) is 0 Å². The molecule has 0 aromatic heterocycles. The maximum Gasteiger partial charge on any atom is 0.323 e. The summed E-state index contributed by atoms with van der Waals surface area (Å²) in [7, 11) is 3.05. The van der Waals surface area contributed by atoms with Crippen molar-refractivity contribution >= 4 is 5.97 Å². The highest BCUT2D eigenvalue weighted by molar-refractivity contribution is 5.73. The van der Waals surface area contributed by atoms with Crippen LogP contribution in [0.25, 0.3) is 0 Å². The molecule has 4 nitrogen and oxygen atoms in total. The predicted molar refractivity (Wildman–Crippen MR) is 32.4 cm³/mol. The van der Waals surface area contributed by atoms with E-state index < -0.39 is 12.0 Å². The van der Waals surface area contributed by atoms with Gasteiger partial charge in [0.2, 0.25) is 0 Å². The Kier molecular flexibility index (Phi) is 4.00. The molecule has 0 bridgehead atoms. The second kappa shape index (κ2) is 4.29. The zero-order valence-corrected chi connectivity index (χ0v) is 5.55. The molecule has 2 N–H and O–H groups in total. The van der Waals surface area contributed by atoms with E-state index in [4.69, 9.17) is 5.11 Å². The Labute approximate surface area is 53.8 Å². The predicted octanol–water partition coefficient (Wildman–Crippen LogP) is -0.695. The van der Waals surface area contributed by atoms with Gasteiger partial charge in [0, 0.05) is 7.11 Å². The summed E-state index contributed by atoms with van der Waals surface area (Å²) in [5.74, 6) is -0.889. The van der Waals surface area contributed by atoms with Crippen LogP contribution in [0.2, 0.25) is 0 Å². The topological polar surface area (TPSA) is 58.6 Å². The van der Waals surface area contributed by atoms with Crippen LogP contribution in [0.1, 0.15) is 0 Å². The molecule has 0 rings (SSSR count). The highest BCUT2D eigenvalue weighted by atomic mass is 16.5. The summed E-state index contributed by atoms with van der Waals surface area (Å²) in [5, 5.41) is 10.9. The fourth-order valence-corrected chi connectivity index (χ4v) is 0.445. The van der Waals surface area contributed by atoms with E-state index in [-0.39, 0.29) is 6.61 Å². The minimum atomic E-state index is -0.889. The molecule has 54 valence electrons. The fraction of sp³-hybridized carbons (Fsp3) is 0.800. The number of ether oxygens (including phenoxy) is 1. The maximum atomic E-state index is 10.2. The van der Waals surface area contributed by atoms with Crippen molar-refractivity contribution in [3.05, 3.63) is 0 Å². The van der Waals surface area contributed by atoms with Gasteiger partial charge in [0.1, 0.15) is 6.04 Å². The molecule has 0 aliphatic rings. The van der Waals surface area contributed by atoms with E-state index in [0.717, 1.165) is 0 Å². The standard InChI is InChI=1S/C5H11NO3/c1-6-4(3-9-2)5(7)8/h4,6H,3H2,1-2H3,(H,7,8)/t4-/m0/s1. The number of methoxy groups -OCH3 is 1. The van der Waals surface area contributed by atoms with Crippen molar-refractivity contribution in [1.29, 1.82) is 0 Å². The quantitative estimate of drug-likeness (QED) is 0.532. The van der Waals surface area contributed by atoms with E-state index in [1.807, 2.05) is 0 Å². The summed E-state index contributed by atoms with van der Waals surface area (Å²) in [5.41, 5.74) is 0. The second-order valence-electron chi connectivity index (χ2n) is 1.63. The van der Waals surface area contributed by atoms with Crippen molar-refractivity contribution in [2.45, 2.75) is 6.04 Å². The molecule has 4 heteroatoms. The normalized spacial score (nSPS) is 13.1. The van der Waals surface area contributed by atoms with Crippen LogP contribution >= 0.6 is 0 Å². The first-order chi connectivity index (χ1) is 4.22. The molecule has 0 radical (unpaired) electrons. The van der Waals surface area contributed by atoms with Crippen LogP contribution in [0.3, 0.4) is 0 Å². The van der Waals surface area contributed by atoms with Gasteiger partial charge in [-0.2, -0.15) is 0 Å². The minimum Gasteiger partial charge on any atom is -0.480 e. The molecular formula is C5H11NO3. The first kappa shape index (κ1) is 8.39.